The standard InChI is InChI=1S/C10H14N2O2/c1-6-3-4-8(5-9(6)13)12-10(14)7(2)11/h3-5,7,13H,11H2,1-2H3,(H,12,14)/t7-/m0/s1. The van der Waals surface area contributed by atoms with Crippen LogP contribution in [0.1, 0.15) is 12.5 Å². The molecule has 0 aliphatic rings. The Morgan fingerprint density at radius 2 is 2.21 bits per heavy atom. The highest BCUT2D eigenvalue weighted by molar-refractivity contribution is 5.94. The second-order valence-corrected chi connectivity index (χ2v) is 3.28. The molecule has 0 aromatic heterocycles. The summed E-state index contributed by atoms with van der Waals surface area (Å²) < 4.78 is 0. The molecule has 76 valence electrons. The normalized spacial score (nSPS) is 12.2. The summed E-state index contributed by atoms with van der Waals surface area (Å²) in [5.41, 5.74) is 6.70. The fraction of sp³-hybridized carbons (Fsp3) is 0.300. The summed E-state index contributed by atoms with van der Waals surface area (Å²) in [7, 11) is 0. The summed E-state index contributed by atoms with van der Waals surface area (Å²) in [6.07, 6.45) is 0. The molecule has 1 aromatic carbocycles. The maximum Gasteiger partial charge on any atom is 0.241 e. The second kappa shape index (κ2) is 4.11. The van der Waals surface area contributed by atoms with E-state index in [4.69, 9.17) is 5.73 Å². The van der Waals surface area contributed by atoms with Crippen molar-refractivity contribution in [2.24, 2.45) is 5.73 Å². The van der Waals surface area contributed by atoms with E-state index in [1.807, 2.05) is 0 Å². The molecule has 4 heteroatoms. The van der Waals surface area contributed by atoms with Crippen LogP contribution in [-0.2, 0) is 4.79 Å². The monoisotopic (exact) mass is 194 g/mol. The third-order valence-electron chi connectivity index (χ3n) is 1.89. The topological polar surface area (TPSA) is 75.4 Å². The number of anilines is 1. The van der Waals surface area contributed by atoms with Crippen LogP contribution in [0.3, 0.4) is 0 Å². The van der Waals surface area contributed by atoms with Gasteiger partial charge in [0.15, 0.2) is 0 Å². The van der Waals surface area contributed by atoms with Crippen molar-refractivity contribution in [2.45, 2.75) is 19.9 Å². The highest BCUT2D eigenvalue weighted by Gasteiger charge is 2.07. The fourth-order valence-corrected chi connectivity index (χ4v) is 0.943. The van der Waals surface area contributed by atoms with E-state index in [-0.39, 0.29) is 11.7 Å². The molecule has 1 rings (SSSR count). The summed E-state index contributed by atoms with van der Waals surface area (Å²) in [5.74, 6) is -0.110. The van der Waals surface area contributed by atoms with Crippen LogP contribution in [0.2, 0.25) is 0 Å². The van der Waals surface area contributed by atoms with Gasteiger partial charge in [-0.3, -0.25) is 4.79 Å². The summed E-state index contributed by atoms with van der Waals surface area (Å²) in [4.78, 5) is 11.2. The Morgan fingerprint density at radius 1 is 1.57 bits per heavy atom. The molecule has 0 bridgehead atoms. The van der Waals surface area contributed by atoms with Gasteiger partial charge in [-0.2, -0.15) is 0 Å². The van der Waals surface area contributed by atoms with Crippen molar-refractivity contribution in [2.75, 3.05) is 5.32 Å². The van der Waals surface area contributed by atoms with Crippen molar-refractivity contribution in [3.63, 3.8) is 0 Å². The van der Waals surface area contributed by atoms with Gasteiger partial charge in [0.2, 0.25) is 5.91 Å². The first-order valence-electron chi connectivity index (χ1n) is 4.37. The van der Waals surface area contributed by atoms with Crippen LogP contribution in [0.25, 0.3) is 0 Å². The third kappa shape index (κ3) is 2.47. The van der Waals surface area contributed by atoms with Gasteiger partial charge in [0, 0.05) is 11.8 Å². The number of carbonyl (C=O) groups is 1. The molecule has 1 atom stereocenters. The molecule has 1 aromatic rings. The molecule has 0 aliphatic heterocycles. The van der Waals surface area contributed by atoms with Gasteiger partial charge in [-0.1, -0.05) is 6.07 Å². The molecule has 0 fully saturated rings. The van der Waals surface area contributed by atoms with Gasteiger partial charge >= 0.3 is 0 Å². The number of hydrogen-bond donors (Lipinski definition) is 3. The quantitative estimate of drug-likeness (QED) is 0.657. The third-order valence-corrected chi connectivity index (χ3v) is 1.89. The molecule has 0 unspecified atom stereocenters. The number of amides is 1. The Balaban J connectivity index is 2.78. The maximum atomic E-state index is 11.2. The van der Waals surface area contributed by atoms with E-state index < -0.39 is 6.04 Å². The van der Waals surface area contributed by atoms with Crippen molar-refractivity contribution < 1.29 is 9.90 Å². The average molecular weight is 194 g/mol. The van der Waals surface area contributed by atoms with E-state index in [1.54, 1.807) is 26.0 Å². The number of nitrogens with one attached hydrogen (secondary N) is 1. The number of aromatic hydroxyl groups is 1. The Bertz CT molecular complexity index is 348. The van der Waals surface area contributed by atoms with Crippen LogP contribution in [0.5, 0.6) is 5.75 Å². The van der Waals surface area contributed by atoms with Gasteiger partial charge in [-0.15, -0.1) is 0 Å². The molecule has 0 heterocycles. The number of phenolic OH excluding ortho intramolecular Hbond substituents is 1. The molecule has 4 nitrogen and oxygen atoms in total. The van der Waals surface area contributed by atoms with Crippen LogP contribution < -0.4 is 11.1 Å². The zero-order valence-electron chi connectivity index (χ0n) is 8.24. The molecule has 14 heavy (non-hydrogen) atoms. The number of aryl methyl sites for hydroxylation is 1. The number of benzene rings is 1. The maximum absolute atomic E-state index is 11.2. The molecule has 0 saturated carbocycles. The first-order chi connectivity index (χ1) is 6.50. The van der Waals surface area contributed by atoms with Crippen LogP contribution >= 0.6 is 0 Å². The smallest absolute Gasteiger partial charge is 0.241 e. The summed E-state index contributed by atoms with van der Waals surface area (Å²) in [6.45, 7) is 3.38. The minimum absolute atomic E-state index is 0.160. The number of rotatable bonds is 2. The SMILES string of the molecule is Cc1ccc(NC(=O)[C@H](C)N)cc1O. The minimum Gasteiger partial charge on any atom is -0.508 e. The average Bonchev–Trinajstić information content (AvgIpc) is 2.11. The number of carbonyl (C=O) groups excluding carboxylic acids is 1. The van der Waals surface area contributed by atoms with Crippen molar-refractivity contribution in [1.82, 2.24) is 0 Å². The van der Waals surface area contributed by atoms with Crippen molar-refractivity contribution >= 4 is 11.6 Å². The molecular weight excluding hydrogens is 180 g/mol. The number of nitrogens with two attached hydrogens (primary N) is 1. The molecule has 4 N–H and O–H groups in total. The van der Waals surface area contributed by atoms with Gasteiger partial charge in [-0.25, -0.2) is 0 Å². The van der Waals surface area contributed by atoms with Crippen LogP contribution in [-0.4, -0.2) is 17.1 Å². The zero-order valence-corrected chi connectivity index (χ0v) is 8.24. The zero-order chi connectivity index (χ0) is 10.7. The van der Waals surface area contributed by atoms with Crippen molar-refractivity contribution in [3.05, 3.63) is 23.8 Å². The molecular formula is C10H14N2O2. The Kier molecular flexibility index (Phi) is 3.09. The first kappa shape index (κ1) is 10.5. The summed E-state index contributed by atoms with van der Waals surface area (Å²) >= 11 is 0. The molecule has 0 radical (unpaired) electrons. The van der Waals surface area contributed by atoms with Gasteiger partial charge in [0.1, 0.15) is 5.75 Å². The van der Waals surface area contributed by atoms with E-state index in [0.29, 0.717) is 5.69 Å². The van der Waals surface area contributed by atoms with Crippen molar-refractivity contribution in [3.8, 4) is 5.75 Å². The first-order valence-corrected chi connectivity index (χ1v) is 4.37. The van der Waals surface area contributed by atoms with E-state index in [2.05, 4.69) is 5.32 Å². The largest absolute Gasteiger partial charge is 0.508 e. The molecule has 0 saturated heterocycles. The minimum atomic E-state index is -0.557. The number of hydrogen-bond acceptors (Lipinski definition) is 3. The van der Waals surface area contributed by atoms with Crippen molar-refractivity contribution in [1.29, 1.82) is 0 Å². The Morgan fingerprint density at radius 3 is 2.71 bits per heavy atom. The lowest BCUT2D eigenvalue weighted by molar-refractivity contribution is -0.117. The van der Waals surface area contributed by atoms with Crippen LogP contribution in [0, 0.1) is 6.92 Å². The van der Waals surface area contributed by atoms with Gasteiger partial charge in [0.05, 0.1) is 6.04 Å². The molecule has 1 amide bonds. The lowest BCUT2D eigenvalue weighted by Gasteiger charge is -2.08. The van der Waals surface area contributed by atoms with E-state index in [1.165, 1.54) is 6.07 Å². The lowest BCUT2D eigenvalue weighted by atomic mass is 10.2. The van der Waals surface area contributed by atoms with Gasteiger partial charge < -0.3 is 16.2 Å². The number of phenols is 1. The van der Waals surface area contributed by atoms with Gasteiger partial charge in [-0.05, 0) is 25.5 Å². The summed E-state index contributed by atoms with van der Waals surface area (Å²) in [6, 6.07) is 4.38. The van der Waals surface area contributed by atoms with E-state index in [9.17, 15) is 9.90 Å². The predicted octanol–water partition coefficient (Wildman–Crippen LogP) is 0.986. The Labute approximate surface area is 82.7 Å². The highest BCUT2D eigenvalue weighted by Crippen LogP contribution is 2.20. The highest BCUT2D eigenvalue weighted by atomic mass is 16.3. The van der Waals surface area contributed by atoms with Gasteiger partial charge in [0.25, 0.3) is 0 Å². The fourth-order valence-electron chi connectivity index (χ4n) is 0.943. The summed E-state index contributed by atoms with van der Waals surface area (Å²) in [5, 5.41) is 12.0. The van der Waals surface area contributed by atoms with Crippen LogP contribution in [0.15, 0.2) is 18.2 Å². The molecule has 0 spiro atoms. The lowest BCUT2D eigenvalue weighted by Crippen LogP contribution is -2.32. The van der Waals surface area contributed by atoms with E-state index in [0.717, 1.165) is 5.56 Å². The molecule has 0 aliphatic carbocycles. The van der Waals surface area contributed by atoms with Crippen LogP contribution in [0.4, 0.5) is 5.69 Å². The Hall–Kier alpha value is -1.55. The predicted molar refractivity (Wildman–Crippen MR) is 55.1 cm³/mol. The second-order valence-electron chi connectivity index (χ2n) is 3.28. The van der Waals surface area contributed by atoms with E-state index >= 15 is 0 Å².